The minimum atomic E-state index is -0.681. The van der Waals surface area contributed by atoms with Crippen molar-refractivity contribution in [3.8, 4) is 11.8 Å². The zero-order chi connectivity index (χ0) is 23.0. The molecule has 0 saturated carbocycles. The van der Waals surface area contributed by atoms with Crippen LogP contribution in [0.4, 0.5) is 0 Å². The number of ether oxygens (including phenoxy) is 2. The van der Waals surface area contributed by atoms with Crippen molar-refractivity contribution < 1.29 is 14.3 Å². The Morgan fingerprint density at radius 3 is 2.62 bits per heavy atom. The van der Waals surface area contributed by atoms with Crippen molar-refractivity contribution in [2.45, 2.75) is 46.1 Å². The molecule has 6 heteroatoms. The van der Waals surface area contributed by atoms with Crippen LogP contribution >= 0.6 is 11.6 Å². The molecule has 0 unspecified atom stereocenters. The van der Waals surface area contributed by atoms with Crippen LogP contribution in [0.3, 0.4) is 0 Å². The predicted octanol–water partition coefficient (Wildman–Crippen LogP) is 5.68. The molecule has 2 aliphatic rings. The number of carbonyl (C=O) groups is 1. The summed E-state index contributed by atoms with van der Waals surface area (Å²) in [6, 6.07) is 15.4. The monoisotopic (exact) mass is 448 g/mol. The molecule has 1 heterocycles. The molecule has 2 N–H and O–H groups in total. The first-order valence-electron chi connectivity index (χ1n) is 10.5. The third-order valence-corrected chi connectivity index (χ3v) is 6.11. The van der Waals surface area contributed by atoms with E-state index in [1.165, 1.54) is 5.56 Å². The van der Waals surface area contributed by atoms with Gasteiger partial charge in [-0.3, -0.25) is 4.79 Å². The molecule has 2 aromatic rings. The number of nitrogens with two attached hydrogens (primary N) is 1. The number of nitrogens with zero attached hydrogens (tertiary/aromatic N) is 1. The highest BCUT2D eigenvalue weighted by Crippen LogP contribution is 2.49. The molecule has 1 aliphatic heterocycles. The van der Waals surface area contributed by atoms with Crippen LogP contribution in [0.25, 0.3) is 0 Å². The molecule has 164 valence electrons. The van der Waals surface area contributed by atoms with Gasteiger partial charge in [0.25, 0.3) is 0 Å². The molecule has 0 saturated heterocycles. The maximum atomic E-state index is 13.2. The predicted molar refractivity (Wildman–Crippen MR) is 123 cm³/mol. The van der Waals surface area contributed by atoms with Crippen LogP contribution in [0.2, 0.25) is 5.02 Å². The van der Waals surface area contributed by atoms with Crippen molar-refractivity contribution in [3.05, 3.63) is 87.0 Å². The number of rotatable bonds is 4. The number of nitriles is 1. The Hall–Kier alpha value is -3.23. The van der Waals surface area contributed by atoms with Gasteiger partial charge in [0, 0.05) is 29.0 Å². The molecular weight excluding hydrogens is 424 g/mol. The number of benzene rings is 2. The Labute approximate surface area is 193 Å². The topological polar surface area (TPSA) is 85.3 Å². The first-order valence-corrected chi connectivity index (χ1v) is 10.9. The van der Waals surface area contributed by atoms with Gasteiger partial charge in [-0.1, -0.05) is 55.3 Å². The van der Waals surface area contributed by atoms with Gasteiger partial charge in [0.1, 0.15) is 29.8 Å². The summed E-state index contributed by atoms with van der Waals surface area (Å²) in [5, 5.41) is 10.4. The number of Topliss-reactive ketones (excluding diaryl/α,β-unsaturated/α-hetero) is 1. The number of aryl methyl sites for hydroxylation is 1. The summed E-state index contributed by atoms with van der Waals surface area (Å²) in [4.78, 5) is 13.2. The van der Waals surface area contributed by atoms with Crippen molar-refractivity contribution in [1.29, 1.82) is 5.26 Å². The number of allylic oxidation sites excluding steroid dienone is 3. The van der Waals surface area contributed by atoms with E-state index in [1.807, 2.05) is 45.0 Å². The molecule has 32 heavy (non-hydrogen) atoms. The second-order valence-corrected chi connectivity index (χ2v) is 9.60. The summed E-state index contributed by atoms with van der Waals surface area (Å²) in [6.07, 6.45) is 0.925. The largest absolute Gasteiger partial charge is 0.489 e. The van der Waals surface area contributed by atoms with Crippen LogP contribution in [-0.2, 0) is 16.1 Å². The first-order chi connectivity index (χ1) is 15.2. The molecule has 4 rings (SSSR count). The zero-order valence-corrected chi connectivity index (χ0v) is 19.1. The summed E-state index contributed by atoms with van der Waals surface area (Å²) in [7, 11) is 0. The minimum absolute atomic E-state index is 0.0196. The van der Waals surface area contributed by atoms with E-state index in [4.69, 9.17) is 26.8 Å². The molecule has 1 aliphatic carbocycles. The van der Waals surface area contributed by atoms with Crippen molar-refractivity contribution in [1.82, 2.24) is 0 Å². The second kappa shape index (κ2) is 8.37. The van der Waals surface area contributed by atoms with Gasteiger partial charge in [0.2, 0.25) is 5.88 Å². The molecule has 2 aromatic carbocycles. The minimum Gasteiger partial charge on any atom is -0.489 e. The smallest absolute Gasteiger partial charge is 0.205 e. The lowest BCUT2D eigenvalue weighted by Crippen LogP contribution is -2.33. The van der Waals surface area contributed by atoms with Gasteiger partial charge in [-0.2, -0.15) is 5.26 Å². The quantitative estimate of drug-likeness (QED) is 0.650. The molecule has 0 radical (unpaired) electrons. The lowest BCUT2D eigenvalue weighted by molar-refractivity contribution is -0.119. The molecule has 0 amide bonds. The Morgan fingerprint density at radius 1 is 1.22 bits per heavy atom. The lowest BCUT2D eigenvalue weighted by atomic mass is 9.70. The molecule has 0 spiro atoms. The van der Waals surface area contributed by atoms with E-state index in [0.29, 0.717) is 47.1 Å². The van der Waals surface area contributed by atoms with Crippen molar-refractivity contribution in [2.75, 3.05) is 0 Å². The number of ketones is 1. The Kier molecular flexibility index (Phi) is 5.75. The molecule has 1 atom stereocenters. The van der Waals surface area contributed by atoms with Gasteiger partial charge in [0.15, 0.2) is 5.78 Å². The van der Waals surface area contributed by atoms with Gasteiger partial charge >= 0.3 is 0 Å². The third kappa shape index (κ3) is 4.24. The highest BCUT2D eigenvalue weighted by molar-refractivity contribution is 6.30. The number of halogens is 1. The fraction of sp³-hybridized carbons (Fsp3) is 0.308. The lowest BCUT2D eigenvalue weighted by Gasteiger charge is -2.37. The Morgan fingerprint density at radius 2 is 1.94 bits per heavy atom. The van der Waals surface area contributed by atoms with E-state index in [2.05, 4.69) is 6.07 Å². The van der Waals surface area contributed by atoms with Crippen molar-refractivity contribution >= 4 is 17.4 Å². The maximum absolute atomic E-state index is 13.2. The van der Waals surface area contributed by atoms with Crippen LogP contribution in [0.1, 0.15) is 49.3 Å². The van der Waals surface area contributed by atoms with E-state index in [-0.39, 0.29) is 22.7 Å². The van der Waals surface area contributed by atoms with E-state index in [1.54, 1.807) is 18.2 Å². The normalized spacial score (nSPS) is 19.8. The molecule has 0 bridgehead atoms. The molecule has 0 aromatic heterocycles. The van der Waals surface area contributed by atoms with Gasteiger partial charge in [-0.15, -0.1) is 0 Å². The Bertz CT molecular complexity index is 1190. The van der Waals surface area contributed by atoms with Gasteiger partial charge in [0.05, 0.1) is 5.92 Å². The van der Waals surface area contributed by atoms with Crippen LogP contribution in [0.15, 0.2) is 65.3 Å². The summed E-state index contributed by atoms with van der Waals surface area (Å²) >= 11 is 6.34. The Balaban J connectivity index is 1.79. The van der Waals surface area contributed by atoms with Crippen LogP contribution in [-0.4, -0.2) is 5.78 Å². The van der Waals surface area contributed by atoms with E-state index in [0.717, 1.165) is 5.56 Å². The van der Waals surface area contributed by atoms with Crippen LogP contribution in [0.5, 0.6) is 5.75 Å². The molecule has 5 nitrogen and oxygen atoms in total. The fourth-order valence-corrected chi connectivity index (χ4v) is 4.50. The standard InChI is InChI=1S/C26H25ClN2O3/c1-15-4-6-16(7-5-15)14-31-21-9-8-17(27)10-18(21)23-19(13-28)25(29)32-22-12-26(2,3)11-20(30)24(22)23/h4-10,23H,11-12,14,29H2,1-3H3/t23-/m1/s1. The number of hydrogen-bond donors (Lipinski definition) is 1. The first kappa shape index (κ1) is 22.0. The highest BCUT2D eigenvalue weighted by Gasteiger charge is 2.43. The summed E-state index contributed by atoms with van der Waals surface area (Å²) in [6.45, 7) is 6.40. The van der Waals surface area contributed by atoms with E-state index < -0.39 is 5.92 Å². The summed E-state index contributed by atoms with van der Waals surface area (Å²) in [5.74, 6) is 0.361. The van der Waals surface area contributed by atoms with Crippen molar-refractivity contribution in [2.24, 2.45) is 11.1 Å². The third-order valence-electron chi connectivity index (χ3n) is 5.87. The average Bonchev–Trinajstić information content (AvgIpc) is 2.72. The van der Waals surface area contributed by atoms with Crippen LogP contribution < -0.4 is 10.5 Å². The van der Waals surface area contributed by atoms with Gasteiger partial charge in [-0.05, 0) is 36.1 Å². The number of carbonyl (C=O) groups excluding carboxylic acids is 1. The zero-order valence-electron chi connectivity index (χ0n) is 18.4. The van der Waals surface area contributed by atoms with Crippen molar-refractivity contribution in [3.63, 3.8) is 0 Å². The molecular formula is C26H25ClN2O3. The molecule has 0 fully saturated rings. The van der Waals surface area contributed by atoms with Gasteiger partial charge < -0.3 is 15.2 Å². The second-order valence-electron chi connectivity index (χ2n) is 9.16. The maximum Gasteiger partial charge on any atom is 0.205 e. The highest BCUT2D eigenvalue weighted by atomic mass is 35.5. The fourth-order valence-electron chi connectivity index (χ4n) is 4.32. The SMILES string of the molecule is Cc1ccc(COc2ccc(Cl)cc2[C@@H]2C(C#N)=C(N)OC3=C2C(=O)CC(C)(C)C3)cc1. The summed E-state index contributed by atoms with van der Waals surface area (Å²) < 4.78 is 11.9. The number of hydrogen-bond acceptors (Lipinski definition) is 5. The van der Waals surface area contributed by atoms with Crippen LogP contribution in [0, 0.1) is 23.7 Å². The van der Waals surface area contributed by atoms with E-state index >= 15 is 0 Å². The van der Waals surface area contributed by atoms with E-state index in [9.17, 15) is 10.1 Å². The summed E-state index contributed by atoms with van der Waals surface area (Å²) in [5.41, 5.74) is 9.37. The average molecular weight is 449 g/mol. The van der Waals surface area contributed by atoms with Gasteiger partial charge in [-0.25, -0.2) is 0 Å².